The van der Waals surface area contributed by atoms with E-state index < -0.39 is 0 Å². The molecule has 1 unspecified atom stereocenters. The van der Waals surface area contributed by atoms with Crippen LogP contribution in [-0.2, 0) is 20.9 Å². The van der Waals surface area contributed by atoms with Crippen LogP contribution >= 0.6 is 0 Å². The summed E-state index contributed by atoms with van der Waals surface area (Å²) in [4.78, 5) is 29.4. The maximum absolute atomic E-state index is 12.5. The van der Waals surface area contributed by atoms with Crippen LogP contribution in [0.15, 0.2) is 24.3 Å². The first-order chi connectivity index (χ1) is 14.9. The van der Waals surface area contributed by atoms with E-state index in [2.05, 4.69) is 53.3 Å². The number of nitrogens with zero attached hydrogens (tertiary/aromatic N) is 2. The first kappa shape index (κ1) is 23.7. The van der Waals surface area contributed by atoms with Gasteiger partial charge in [0.05, 0.1) is 19.8 Å². The lowest BCUT2D eigenvalue weighted by atomic mass is 9.95. The molecular weight excluding hydrogens is 392 g/mol. The number of amides is 2. The van der Waals surface area contributed by atoms with Gasteiger partial charge in [0.15, 0.2) is 0 Å². The molecule has 3 rings (SSSR count). The third-order valence-electron chi connectivity index (χ3n) is 6.44. The highest BCUT2D eigenvalue weighted by Gasteiger charge is 2.27. The highest BCUT2D eigenvalue weighted by atomic mass is 16.5. The molecule has 2 fully saturated rings. The largest absolute Gasteiger partial charge is 0.379 e. The van der Waals surface area contributed by atoms with E-state index in [1.165, 1.54) is 5.56 Å². The highest BCUT2D eigenvalue weighted by Crippen LogP contribution is 2.18. The smallest absolute Gasteiger partial charge is 0.238 e. The summed E-state index contributed by atoms with van der Waals surface area (Å²) in [6.45, 7) is 12.6. The van der Waals surface area contributed by atoms with Crippen LogP contribution in [0.2, 0.25) is 0 Å². The molecule has 7 nitrogen and oxygen atoms in total. The number of ether oxygens (including phenoxy) is 1. The molecule has 0 saturated carbocycles. The summed E-state index contributed by atoms with van der Waals surface area (Å²) < 4.78 is 5.39. The molecule has 172 valence electrons. The second kappa shape index (κ2) is 11.6. The lowest BCUT2D eigenvalue weighted by Gasteiger charge is -2.31. The van der Waals surface area contributed by atoms with Crippen molar-refractivity contribution in [3.63, 3.8) is 0 Å². The summed E-state index contributed by atoms with van der Waals surface area (Å²) in [5, 5.41) is 6.12. The second-order valence-corrected chi connectivity index (χ2v) is 9.23. The molecule has 7 heteroatoms. The number of carbonyl (C=O) groups is 2. The lowest BCUT2D eigenvalue weighted by molar-refractivity contribution is -0.127. The number of anilines is 1. The van der Waals surface area contributed by atoms with Gasteiger partial charge in [-0.05, 0) is 56.5 Å². The Morgan fingerprint density at radius 3 is 2.26 bits per heavy atom. The van der Waals surface area contributed by atoms with E-state index in [1.807, 2.05) is 12.1 Å². The first-order valence-electron chi connectivity index (χ1n) is 11.6. The predicted octanol–water partition coefficient (Wildman–Crippen LogP) is 2.33. The summed E-state index contributed by atoms with van der Waals surface area (Å²) in [6.07, 6.45) is 1.61. The van der Waals surface area contributed by atoms with E-state index in [4.69, 9.17) is 4.74 Å². The number of piperidine rings is 1. The Bertz CT molecular complexity index is 708. The van der Waals surface area contributed by atoms with Crippen LogP contribution in [0, 0.1) is 11.8 Å². The minimum atomic E-state index is -0.00254. The molecule has 2 heterocycles. The van der Waals surface area contributed by atoms with E-state index in [9.17, 15) is 9.59 Å². The predicted molar refractivity (Wildman–Crippen MR) is 123 cm³/mol. The molecule has 1 atom stereocenters. The van der Waals surface area contributed by atoms with Gasteiger partial charge in [-0.2, -0.15) is 0 Å². The van der Waals surface area contributed by atoms with Crippen molar-refractivity contribution >= 4 is 17.5 Å². The van der Waals surface area contributed by atoms with Crippen LogP contribution in [0.5, 0.6) is 0 Å². The maximum Gasteiger partial charge on any atom is 0.238 e. The van der Waals surface area contributed by atoms with Crippen LogP contribution in [0.3, 0.4) is 0 Å². The molecule has 0 radical (unpaired) electrons. The van der Waals surface area contributed by atoms with Crippen molar-refractivity contribution in [2.45, 2.75) is 46.2 Å². The zero-order valence-corrected chi connectivity index (χ0v) is 19.2. The Balaban J connectivity index is 1.37. The summed E-state index contributed by atoms with van der Waals surface area (Å²) in [7, 11) is 0. The van der Waals surface area contributed by atoms with Crippen LogP contribution in [0.4, 0.5) is 5.69 Å². The number of morpholine rings is 1. The molecule has 0 bridgehead atoms. The van der Waals surface area contributed by atoms with Gasteiger partial charge in [-0.3, -0.25) is 19.4 Å². The van der Waals surface area contributed by atoms with Crippen molar-refractivity contribution < 1.29 is 14.3 Å². The van der Waals surface area contributed by atoms with Crippen molar-refractivity contribution in [3.8, 4) is 0 Å². The molecule has 31 heavy (non-hydrogen) atoms. The summed E-state index contributed by atoms with van der Waals surface area (Å²) >= 11 is 0. The van der Waals surface area contributed by atoms with Gasteiger partial charge >= 0.3 is 0 Å². The Morgan fingerprint density at radius 1 is 1.00 bits per heavy atom. The highest BCUT2D eigenvalue weighted by molar-refractivity contribution is 5.92. The average molecular weight is 431 g/mol. The van der Waals surface area contributed by atoms with E-state index in [-0.39, 0.29) is 23.8 Å². The number of hydrogen-bond acceptors (Lipinski definition) is 5. The quantitative estimate of drug-likeness (QED) is 0.662. The van der Waals surface area contributed by atoms with Crippen molar-refractivity contribution in [1.82, 2.24) is 15.1 Å². The fourth-order valence-electron chi connectivity index (χ4n) is 3.98. The van der Waals surface area contributed by atoms with Crippen LogP contribution < -0.4 is 10.6 Å². The van der Waals surface area contributed by atoms with Gasteiger partial charge in [0.25, 0.3) is 0 Å². The lowest BCUT2D eigenvalue weighted by Crippen LogP contribution is -2.45. The summed E-state index contributed by atoms with van der Waals surface area (Å²) in [5.41, 5.74) is 2.07. The fourth-order valence-corrected chi connectivity index (χ4v) is 3.98. The molecule has 2 aliphatic heterocycles. The number of hydrogen-bond donors (Lipinski definition) is 2. The fraction of sp³-hybridized carbons (Fsp3) is 0.667. The van der Waals surface area contributed by atoms with Gasteiger partial charge in [0.1, 0.15) is 0 Å². The molecule has 0 spiro atoms. The average Bonchev–Trinajstić information content (AvgIpc) is 2.76. The van der Waals surface area contributed by atoms with Crippen LogP contribution in [0.25, 0.3) is 0 Å². The van der Waals surface area contributed by atoms with Crippen molar-refractivity contribution in [2.75, 3.05) is 51.3 Å². The van der Waals surface area contributed by atoms with Gasteiger partial charge in [-0.25, -0.2) is 0 Å². The zero-order valence-electron chi connectivity index (χ0n) is 19.2. The molecule has 0 aromatic heterocycles. The topological polar surface area (TPSA) is 73.9 Å². The maximum atomic E-state index is 12.5. The standard InChI is InChI=1S/C24H38N4O3/c1-18(2)19(3)25-24(30)21-8-10-27(11-9-21)17-23(29)26-22-6-4-20(5-7-22)16-28-12-14-31-15-13-28/h4-7,18-19,21H,8-17H2,1-3H3,(H,25,30)(H,26,29). The Labute approximate surface area is 186 Å². The van der Waals surface area contributed by atoms with Gasteiger partial charge in [-0.15, -0.1) is 0 Å². The summed E-state index contributed by atoms with van der Waals surface area (Å²) in [6, 6.07) is 8.29. The molecule has 2 saturated heterocycles. The molecule has 2 N–H and O–H groups in total. The first-order valence-corrected chi connectivity index (χ1v) is 11.6. The van der Waals surface area contributed by atoms with Crippen molar-refractivity contribution in [2.24, 2.45) is 11.8 Å². The van der Waals surface area contributed by atoms with Crippen LogP contribution in [0.1, 0.15) is 39.2 Å². The van der Waals surface area contributed by atoms with Crippen molar-refractivity contribution in [3.05, 3.63) is 29.8 Å². The molecule has 2 aliphatic rings. The second-order valence-electron chi connectivity index (χ2n) is 9.23. The van der Waals surface area contributed by atoms with Gasteiger partial charge in [0, 0.05) is 37.3 Å². The molecule has 2 amide bonds. The Morgan fingerprint density at radius 2 is 1.65 bits per heavy atom. The summed E-state index contributed by atoms with van der Waals surface area (Å²) in [5.74, 6) is 0.639. The normalized spacial score (nSPS) is 19.9. The molecule has 1 aromatic carbocycles. The van der Waals surface area contributed by atoms with E-state index in [1.54, 1.807) is 0 Å². The number of benzene rings is 1. The van der Waals surface area contributed by atoms with Crippen molar-refractivity contribution in [1.29, 1.82) is 0 Å². The number of likely N-dealkylation sites (tertiary alicyclic amines) is 1. The number of nitrogens with one attached hydrogen (secondary N) is 2. The van der Waals surface area contributed by atoms with E-state index >= 15 is 0 Å². The zero-order chi connectivity index (χ0) is 22.2. The Kier molecular flexibility index (Phi) is 8.87. The molecule has 1 aromatic rings. The number of carbonyl (C=O) groups excluding carboxylic acids is 2. The molecule has 0 aliphatic carbocycles. The van der Waals surface area contributed by atoms with E-state index in [0.29, 0.717) is 12.5 Å². The minimum Gasteiger partial charge on any atom is -0.379 e. The van der Waals surface area contributed by atoms with Gasteiger partial charge < -0.3 is 15.4 Å². The third-order valence-corrected chi connectivity index (χ3v) is 6.44. The minimum absolute atomic E-state index is 0.00254. The van der Waals surface area contributed by atoms with E-state index in [0.717, 1.165) is 64.5 Å². The Hall–Kier alpha value is -1.96. The molecular formula is C24H38N4O3. The number of rotatable bonds is 8. The third kappa shape index (κ3) is 7.59. The van der Waals surface area contributed by atoms with Gasteiger partial charge in [-0.1, -0.05) is 26.0 Å². The monoisotopic (exact) mass is 430 g/mol. The SMILES string of the molecule is CC(C)C(C)NC(=O)C1CCN(CC(=O)Nc2ccc(CN3CCOCC3)cc2)CC1. The van der Waals surface area contributed by atoms with Gasteiger partial charge in [0.2, 0.25) is 11.8 Å². The van der Waals surface area contributed by atoms with Crippen LogP contribution in [-0.4, -0.2) is 73.6 Å².